The van der Waals surface area contributed by atoms with Crippen LogP contribution < -0.4 is 10.6 Å². The quantitative estimate of drug-likeness (QED) is 0.828. The Kier molecular flexibility index (Phi) is 4.28. The molecule has 2 N–H and O–H groups in total. The average molecular weight is 259 g/mol. The first-order chi connectivity index (χ1) is 9.25. The molecule has 0 spiro atoms. The lowest BCUT2D eigenvalue weighted by molar-refractivity contribution is -0.120. The van der Waals surface area contributed by atoms with Crippen LogP contribution in [-0.2, 0) is 11.3 Å². The first kappa shape index (κ1) is 12.8. The number of rotatable bonds is 5. The van der Waals surface area contributed by atoms with Crippen LogP contribution in [-0.4, -0.2) is 23.3 Å². The van der Waals surface area contributed by atoms with Gasteiger partial charge in [0, 0.05) is 18.9 Å². The molecule has 0 aromatic carbocycles. The van der Waals surface area contributed by atoms with Crippen LogP contribution in [0.5, 0.6) is 0 Å². The van der Waals surface area contributed by atoms with E-state index in [0.29, 0.717) is 6.54 Å². The second-order valence-electron chi connectivity index (χ2n) is 3.80. The van der Waals surface area contributed by atoms with E-state index in [1.54, 1.807) is 24.5 Å². The minimum absolute atomic E-state index is 0.0974. The lowest BCUT2D eigenvalue weighted by atomic mass is 10.3. The van der Waals surface area contributed by atoms with E-state index in [1.165, 1.54) is 12.3 Å². The summed E-state index contributed by atoms with van der Waals surface area (Å²) in [4.78, 5) is 26.9. The number of pyridine rings is 1. The highest BCUT2D eigenvalue weighted by molar-refractivity contribution is 5.94. The van der Waals surface area contributed by atoms with Gasteiger partial charge in [-0.1, -0.05) is 6.07 Å². The molecule has 0 aliphatic carbocycles. The van der Waals surface area contributed by atoms with Crippen LogP contribution in [0.15, 0.2) is 47.3 Å². The third-order valence-corrected chi connectivity index (χ3v) is 2.37. The lowest BCUT2D eigenvalue weighted by Crippen LogP contribution is -2.36. The predicted molar refractivity (Wildman–Crippen MR) is 67.1 cm³/mol. The maximum absolute atomic E-state index is 11.5. The third kappa shape index (κ3) is 3.95. The molecule has 2 rings (SSSR count). The predicted octanol–water partition coefficient (Wildman–Crippen LogP) is 0.721. The van der Waals surface area contributed by atoms with Crippen LogP contribution in [0.25, 0.3) is 0 Å². The Morgan fingerprint density at radius 1 is 1.21 bits per heavy atom. The Bertz CT molecular complexity index is 538. The number of hydrogen-bond acceptors (Lipinski definition) is 4. The summed E-state index contributed by atoms with van der Waals surface area (Å²) in [6, 6.07) is 6.79. The summed E-state index contributed by atoms with van der Waals surface area (Å²) in [6.45, 7) is 0.281. The first-order valence-corrected chi connectivity index (χ1v) is 5.73. The Morgan fingerprint density at radius 3 is 2.79 bits per heavy atom. The highest BCUT2D eigenvalue weighted by Crippen LogP contribution is 1.98. The van der Waals surface area contributed by atoms with Crippen molar-refractivity contribution in [2.45, 2.75) is 6.54 Å². The van der Waals surface area contributed by atoms with Gasteiger partial charge in [-0.15, -0.1) is 0 Å². The number of nitrogens with one attached hydrogen (secondary N) is 2. The molecule has 0 aliphatic rings. The smallest absolute Gasteiger partial charge is 0.287 e. The highest BCUT2D eigenvalue weighted by Gasteiger charge is 2.09. The molecule has 0 bridgehead atoms. The van der Waals surface area contributed by atoms with Crippen molar-refractivity contribution in [2.24, 2.45) is 0 Å². The van der Waals surface area contributed by atoms with E-state index in [1.807, 2.05) is 6.07 Å². The standard InChI is InChI=1S/C13H13N3O3/c17-12(15-8-10-3-1-5-14-7-10)9-16-13(18)11-4-2-6-19-11/h1-7H,8-9H2,(H,15,17)(H,16,18). The summed E-state index contributed by atoms with van der Waals surface area (Å²) in [6.07, 6.45) is 4.73. The number of hydrogen-bond donors (Lipinski definition) is 2. The van der Waals surface area contributed by atoms with Crippen LogP contribution >= 0.6 is 0 Å². The molecule has 2 aromatic heterocycles. The van der Waals surface area contributed by atoms with Crippen molar-refractivity contribution in [3.05, 3.63) is 54.2 Å². The van der Waals surface area contributed by atoms with Crippen molar-refractivity contribution in [2.75, 3.05) is 6.54 Å². The van der Waals surface area contributed by atoms with E-state index in [0.717, 1.165) is 5.56 Å². The number of furan rings is 1. The van der Waals surface area contributed by atoms with E-state index < -0.39 is 5.91 Å². The Balaban J connectivity index is 1.72. The molecule has 0 aliphatic heterocycles. The zero-order valence-corrected chi connectivity index (χ0v) is 10.1. The molecule has 0 saturated carbocycles. The summed E-state index contributed by atoms with van der Waals surface area (Å²) in [5.41, 5.74) is 0.896. The van der Waals surface area contributed by atoms with Gasteiger partial charge in [0.25, 0.3) is 5.91 Å². The van der Waals surface area contributed by atoms with Gasteiger partial charge in [-0.3, -0.25) is 14.6 Å². The molecule has 2 amide bonds. The fraction of sp³-hybridized carbons (Fsp3) is 0.154. The molecule has 2 heterocycles. The van der Waals surface area contributed by atoms with Crippen molar-refractivity contribution >= 4 is 11.8 Å². The molecular weight excluding hydrogens is 246 g/mol. The molecule has 0 unspecified atom stereocenters. The second-order valence-corrected chi connectivity index (χ2v) is 3.80. The van der Waals surface area contributed by atoms with E-state index >= 15 is 0 Å². The van der Waals surface area contributed by atoms with Crippen LogP contribution in [0.4, 0.5) is 0 Å². The van der Waals surface area contributed by atoms with E-state index in [2.05, 4.69) is 15.6 Å². The minimum atomic E-state index is -0.415. The van der Waals surface area contributed by atoms with Gasteiger partial charge >= 0.3 is 0 Å². The van der Waals surface area contributed by atoms with E-state index in [4.69, 9.17) is 4.42 Å². The van der Waals surface area contributed by atoms with Gasteiger partial charge in [-0.05, 0) is 23.8 Å². The van der Waals surface area contributed by atoms with Crippen LogP contribution in [0.2, 0.25) is 0 Å². The van der Waals surface area contributed by atoms with E-state index in [9.17, 15) is 9.59 Å². The van der Waals surface area contributed by atoms with Gasteiger partial charge in [0.05, 0.1) is 12.8 Å². The van der Waals surface area contributed by atoms with Gasteiger partial charge in [0.15, 0.2) is 5.76 Å². The number of carbonyl (C=O) groups excluding carboxylic acids is 2. The summed E-state index contributed by atoms with van der Waals surface area (Å²) < 4.78 is 4.90. The highest BCUT2D eigenvalue weighted by atomic mass is 16.3. The maximum Gasteiger partial charge on any atom is 0.287 e. The van der Waals surface area contributed by atoms with Crippen molar-refractivity contribution in [1.82, 2.24) is 15.6 Å². The van der Waals surface area contributed by atoms with Gasteiger partial charge in [-0.25, -0.2) is 0 Å². The SMILES string of the molecule is O=C(CNC(=O)c1ccco1)NCc1cccnc1. The second kappa shape index (κ2) is 6.34. The zero-order chi connectivity index (χ0) is 13.5. The summed E-state index contributed by atoms with van der Waals surface area (Å²) in [7, 11) is 0. The zero-order valence-electron chi connectivity index (χ0n) is 10.1. The van der Waals surface area contributed by atoms with Crippen LogP contribution in [0.1, 0.15) is 16.1 Å². The molecule has 6 nitrogen and oxygen atoms in total. The maximum atomic E-state index is 11.5. The van der Waals surface area contributed by atoms with E-state index in [-0.39, 0.29) is 18.2 Å². The number of nitrogens with zero attached hydrogens (tertiary/aromatic N) is 1. The monoisotopic (exact) mass is 259 g/mol. The largest absolute Gasteiger partial charge is 0.459 e. The molecule has 19 heavy (non-hydrogen) atoms. The fourth-order valence-corrected chi connectivity index (χ4v) is 1.42. The van der Waals surface area contributed by atoms with Crippen LogP contribution in [0, 0.1) is 0 Å². The van der Waals surface area contributed by atoms with Crippen molar-refractivity contribution in [3.63, 3.8) is 0 Å². The van der Waals surface area contributed by atoms with Gasteiger partial charge in [0.2, 0.25) is 5.91 Å². The molecule has 6 heteroatoms. The third-order valence-electron chi connectivity index (χ3n) is 2.37. The molecular formula is C13H13N3O3. The molecule has 98 valence electrons. The lowest BCUT2D eigenvalue weighted by Gasteiger charge is -2.05. The van der Waals surface area contributed by atoms with Crippen molar-refractivity contribution < 1.29 is 14.0 Å². The Morgan fingerprint density at radius 2 is 2.11 bits per heavy atom. The molecule has 0 radical (unpaired) electrons. The van der Waals surface area contributed by atoms with Crippen molar-refractivity contribution in [1.29, 1.82) is 0 Å². The molecule has 0 fully saturated rings. The Hall–Kier alpha value is -2.63. The molecule has 0 saturated heterocycles. The molecule has 2 aromatic rings. The normalized spacial score (nSPS) is 9.89. The van der Waals surface area contributed by atoms with Crippen molar-refractivity contribution in [3.8, 4) is 0 Å². The average Bonchev–Trinajstić information content (AvgIpc) is 2.98. The minimum Gasteiger partial charge on any atom is -0.459 e. The van der Waals surface area contributed by atoms with Gasteiger partial charge < -0.3 is 15.1 Å². The van der Waals surface area contributed by atoms with Gasteiger partial charge in [0.1, 0.15) is 0 Å². The molecule has 0 atom stereocenters. The number of amides is 2. The van der Waals surface area contributed by atoms with Gasteiger partial charge in [-0.2, -0.15) is 0 Å². The topological polar surface area (TPSA) is 84.2 Å². The Labute approximate surface area is 109 Å². The number of carbonyl (C=O) groups is 2. The summed E-state index contributed by atoms with van der Waals surface area (Å²) in [5.74, 6) is -0.509. The fourth-order valence-electron chi connectivity index (χ4n) is 1.42. The summed E-state index contributed by atoms with van der Waals surface area (Å²) in [5, 5.41) is 5.14. The first-order valence-electron chi connectivity index (χ1n) is 5.73. The number of aromatic nitrogens is 1. The summed E-state index contributed by atoms with van der Waals surface area (Å²) >= 11 is 0. The van der Waals surface area contributed by atoms with Crippen LogP contribution in [0.3, 0.4) is 0 Å².